The van der Waals surface area contributed by atoms with Crippen LogP contribution in [0.15, 0.2) is 18.2 Å². The van der Waals surface area contributed by atoms with Crippen LogP contribution in [0.4, 0.5) is 8.78 Å². The lowest BCUT2D eigenvalue weighted by Crippen LogP contribution is -2.30. The molecule has 102 valence electrons. The van der Waals surface area contributed by atoms with E-state index in [-0.39, 0.29) is 17.5 Å². The molecule has 0 amide bonds. The zero-order chi connectivity index (χ0) is 13.8. The van der Waals surface area contributed by atoms with E-state index in [1.807, 2.05) is 20.8 Å². The fourth-order valence-corrected chi connectivity index (χ4v) is 1.83. The molecular weight excluding hydrogens is 236 g/mol. The lowest BCUT2D eigenvalue weighted by atomic mass is 9.89. The van der Waals surface area contributed by atoms with Crippen LogP contribution in [0.3, 0.4) is 0 Å². The second-order valence-corrected chi connectivity index (χ2v) is 5.79. The molecule has 0 saturated heterocycles. The highest BCUT2D eigenvalue weighted by molar-refractivity contribution is 5.18. The van der Waals surface area contributed by atoms with Crippen LogP contribution in [0.2, 0.25) is 0 Å². The molecule has 2 N–H and O–H groups in total. The maximum absolute atomic E-state index is 13.3. The molecule has 18 heavy (non-hydrogen) atoms. The molecule has 0 heterocycles. The Hall–Kier alpha value is -1.00. The van der Waals surface area contributed by atoms with E-state index in [2.05, 4.69) is 5.32 Å². The molecule has 0 bridgehead atoms. The Balaban J connectivity index is 2.40. The number of hydrogen-bond donors (Lipinski definition) is 2. The maximum atomic E-state index is 13.3. The van der Waals surface area contributed by atoms with Crippen molar-refractivity contribution in [2.75, 3.05) is 6.54 Å². The zero-order valence-corrected chi connectivity index (χ0v) is 11.1. The topological polar surface area (TPSA) is 32.3 Å². The highest BCUT2D eigenvalue weighted by atomic mass is 19.1. The summed E-state index contributed by atoms with van der Waals surface area (Å²) in [5, 5.41) is 12.7. The molecule has 1 aromatic carbocycles. The zero-order valence-electron chi connectivity index (χ0n) is 11.1. The summed E-state index contributed by atoms with van der Waals surface area (Å²) in [6, 6.07) is 3.36. The van der Waals surface area contributed by atoms with Gasteiger partial charge in [-0.15, -0.1) is 0 Å². The Kier molecular flexibility index (Phi) is 5.23. The molecule has 0 aromatic heterocycles. The third kappa shape index (κ3) is 5.56. The van der Waals surface area contributed by atoms with E-state index < -0.39 is 17.7 Å². The van der Waals surface area contributed by atoms with E-state index in [0.29, 0.717) is 13.0 Å². The van der Waals surface area contributed by atoms with Gasteiger partial charge in [-0.1, -0.05) is 20.8 Å². The van der Waals surface area contributed by atoms with Crippen molar-refractivity contribution in [3.8, 4) is 0 Å². The number of nitrogens with one attached hydrogen (secondary N) is 1. The average Bonchev–Trinajstić information content (AvgIpc) is 2.20. The van der Waals surface area contributed by atoms with Crippen LogP contribution in [0.25, 0.3) is 0 Å². The van der Waals surface area contributed by atoms with Gasteiger partial charge in [0, 0.05) is 18.7 Å². The summed E-state index contributed by atoms with van der Waals surface area (Å²) in [6.45, 7) is 6.71. The van der Waals surface area contributed by atoms with Gasteiger partial charge in [0.1, 0.15) is 11.6 Å². The first kappa shape index (κ1) is 15.1. The van der Waals surface area contributed by atoms with Crippen LogP contribution in [-0.2, 0) is 6.54 Å². The molecule has 0 radical (unpaired) electrons. The summed E-state index contributed by atoms with van der Waals surface area (Å²) >= 11 is 0. The SMILES string of the molecule is CC(C)(C)CC(O)CNCc1cc(F)ccc1F. The third-order valence-corrected chi connectivity index (χ3v) is 2.55. The van der Waals surface area contributed by atoms with E-state index in [0.717, 1.165) is 12.1 Å². The predicted octanol–water partition coefficient (Wildman–Crippen LogP) is 2.85. The van der Waals surface area contributed by atoms with Crippen molar-refractivity contribution >= 4 is 0 Å². The molecule has 2 nitrogen and oxygen atoms in total. The normalized spacial score (nSPS) is 13.7. The Morgan fingerprint density at radius 3 is 2.56 bits per heavy atom. The highest BCUT2D eigenvalue weighted by Gasteiger charge is 2.16. The lowest BCUT2D eigenvalue weighted by Gasteiger charge is -2.22. The molecular formula is C14H21F2NO. The summed E-state index contributed by atoms with van der Waals surface area (Å²) < 4.78 is 26.2. The molecule has 0 aliphatic rings. The Bertz CT molecular complexity index is 388. The summed E-state index contributed by atoms with van der Waals surface area (Å²) in [7, 11) is 0. The predicted molar refractivity (Wildman–Crippen MR) is 68.1 cm³/mol. The van der Waals surface area contributed by atoms with E-state index in [1.165, 1.54) is 6.07 Å². The molecule has 0 saturated carbocycles. The first-order valence-electron chi connectivity index (χ1n) is 6.10. The molecule has 1 rings (SSSR count). The van der Waals surface area contributed by atoms with Crippen molar-refractivity contribution in [3.63, 3.8) is 0 Å². The number of aliphatic hydroxyl groups excluding tert-OH is 1. The second kappa shape index (κ2) is 6.25. The minimum absolute atomic E-state index is 0.0468. The van der Waals surface area contributed by atoms with Crippen molar-refractivity contribution in [1.82, 2.24) is 5.32 Å². The minimum Gasteiger partial charge on any atom is -0.392 e. The van der Waals surface area contributed by atoms with Crippen LogP contribution in [-0.4, -0.2) is 17.8 Å². The van der Waals surface area contributed by atoms with E-state index in [4.69, 9.17) is 0 Å². The minimum atomic E-state index is -0.485. The Morgan fingerprint density at radius 2 is 1.94 bits per heavy atom. The quantitative estimate of drug-likeness (QED) is 0.850. The molecule has 0 aliphatic heterocycles. The van der Waals surface area contributed by atoms with Crippen molar-refractivity contribution in [3.05, 3.63) is 35.4 Å². The number of hydrogen-bond acceptors (Lipinski definition) is 2. The fraction of sp³-hybridized carbons (Fsp3) is 0.571. The average molecular weight is 257 g/mol. The molecule has 1 unspecified atom stereocenters. The van der Waals surface area contributed by atoms with Crippen molar-refractivity contribution < 1.29 is 13.9 Å². The van der Waals surface area contributed by atoms with Gasteiger partial charge in [0.25, 0.3) is 0 Å². The number of aliphatic hydroxyl groups is 1. The van der Waals surface area contributed by atoms with Gasteiger partial charge in [-0.25, -0.2) is 8.78 Å². The van der Waals surface area contributed by atoms with Gasteiger partial charge < -0.3 is 10.4 Å². The summed E-state index contributed by atoms with van der Waals surface area (Å²) in [5.41, 5.74) is 0.323. The molecule has 1 aromatic rings. The third-order valence-electron chi connectivity index (χ3n) is 2.55. The van der Waals surface area contributed by atoms with Gasteiger partial charge in [0.2, 0.25) is 0 Å². The van der Waals surface area contributed by atoms with E-state index in [1.54, 1.807) is 0 Å². The lowest BCUT2D eigenvalue weighted by molar-refractivity contribution is 0.119. The van der Waals surface area contributed by atoms with Crippen LogP contribution in [0.1, 0.15) is 32.8 Å². The van der Waals surface area contributed by atoms with Crippen molar-refractivity contribution in [2.45, 2.75) is 39.8 Å². The largest absolute Gasteiger partial charge is 0.392 e. The molecule has 0 fully saturated rings. The van der Waals surface area contributed by atoms with Gasteiger partial charge in [-0.3, -0.25) is 0 Å². The fourth-order valence-electron chi connectivity index (χ4n) is 1.83. The van der Waals surface area contributed by atoms with Gasteiger partial charge in [0.05, 0.1) is 6.10 Å². The van der Waals surface area contributed by atoms with E-state index >= 15 is 0 Å². The van der Waals surface area contributed by atoms with Crippen LogP contribution in [0.5, 0.6) is 0 Å². The standard InChI is InChI=1S/C14H21F2NO/c1-14(2,3)7-12(18)9-17-8-10-6-11(15)4-5-13(10)16/h4-6,12,17-18H,7-9H2,1-3H3. The molecule has 1 atom stereocenters. The first-order chi connectivity index (χ1) is 8.28. The molecule has 0 aliphatic carbocycles. The molecule has 0 spiro atoms. The van der Waals surface area contributed by atoms with Gasteiger partial charge >= 0.3 is 0 Å². The molecule has 4 heteroatoms. The summed E-state index contributed by atoms with van der Waals surface area (Å²) in [6.07, 6.45) is 0.174. The number of halogens is 2. The van der Waals surface area contributed by atoms with E-state index in [9.17, 15) is 13.9 Å². The van der Waals surface area contributed by atoms with Crippen LogP contribution < -0.4 is 5.32 Å². The Labute approximate surface area is 107 Å². The monoisotopic (exact) mass is 257 g/mol. The second-order valence-electron chi connectivity index (χ2n) is 5.79. The maximum Gasteiger partial charge on any atom is 0.127 e. The summed E-state index contributed by atoms with van der Waals surface area (Å²) in [5.74, 6) is -0.891. The number of benzene rings is 1. The smallest absolute Gasteiger partial charge is 0.127 e. The Morgan fingerprint density at radius 1 is 1.28 bits per heavy atom. The summed E-state index contributed by atoms with van der Waals surface area (Å²) in [4.78, 5) is 0. The van der Waals surface area contributed by atoms with Crippen molar-refractivity contribution in [2.24, 2.45) is 5.41 Å². The van der Waals surface area contributed by atoms with Gasteiger partial charge in [0.15, 0.2) is 0 Å². The first-order valence-corrected chi connectivity index (χ1v) is 6.10. The van der Waals surface area contributed by atoms with Crippen molar-refractivity contribution in [1.29, 1.82) is 0 Å². The highest BCUT2D eigenvalue weighted by Crippen LogP contribution is 2.20. The van der Waals surface area contributed by atoms with Crippen LogP contribution >= 0.6 is 0 Å². The van der Waals surface area contributed by atoms with Gasteiger partial charge in [-0.2, -0.15) is 0 Å². The number of rotatable bonds is 5. The van der Waals surface area contributed by atoms with Crippen LogP contribution in [0, 0.1) is 17.0 Å². The van der Waals surface area contributed by atoms with Gasteiger partial charge in [-0.05, 0) is 30.0 Å².